The summed E-state index contributed by atoms with van der Waals surface area (Å²) in [6.07, 6.45) is 0. The molecule has 0 spiro atoms. The van der Waals surface area contributed by atoms with Crippen molar-refractivity contribution in [3.63, 3.8) is 0 Å². The Morgan fingerprint density at radius 3 is 2.47 bits per heavy atom. The number of aromatic amines is 1. The monoisotopic (exact) mass is 405 g/mol. The molecule has 0 amide bonds. The molecule has 0 fully saturated rings. The molecule has 8 heteroatoms. The van der Waals surface area contributed by atoms with Gasteiger partial charge in [-0.25, -0.2) is 0 Å². The lowest BCUT2D eigenvalue weighted by Crippen LogP contribution is -2.28. The lowest BCUT2D eigenvalue weighted by molar-refractivity contribution is 0.321. The number of fused-ring (bicyclic) bond motifs is 3. The van der Waals surface area contributed by atoms with E-state index in [-0.39, 0.29) is 22.6 Å². The Bertz CT molecular complexity index is 1290. The lowest BCUT2D eigenvalue weighted by Gasteiger charge is -2.28. The summed E-state index contributed by atoms with van der Waals surface area (Å²) in [7, 11) is 4.47. The van der Waals surface area contributed by atoms with Gasteiger partial charge in [0.1, 0.15) is 17.4 Å². The van der Waals surface area contributed by atoms with Crippen LogP contribution in [0.2, 0.25) is 0 Å². The molecule has 2 heterocycles. The average molecular weight is 405 g/mol. The molecule has 2 aromatic carbocycles. The van der Waals surface area contributed by atoms with Gasteiger partial charge in [0.2, 0.25) is 11.6 Å². The maximum atomic E-state index is 13.1. The summed E-state index contributed by atoms with van der Waals surface area (Å²) in [6, 6.07) is 12.7. The number of nitrogens with one attached hydrogen (secondary N) is 1. The zero-order valence-corrected chi connectivity index (χ0v) is 16.6. The van der Waals surface area contributed by atoms with Crippen molar-refractivity contribution in [2.45, 2.75) is 5.92 Å². The predicted octanol–water partition coefficient (Wildman–Crippen LogP) is 2.77. The highest BCUT2D eigenvalue weighted by molar-refractivity contribution is 5.87. The van der Waals surface area contributed by atoms with Gasteiger partial charge in [-0.05, 0) is 18.2 Å². The van der Waals surface area contributed by atoms with Crippen LogP contribution in [0.25, 0.3) is 10.9 Å². The van der Waals surface area contributed by atoms with E-state index in [1.54, 1.807) is 18.2 Å². The van der Waals surface area contributed by atoms with E-state index in [0.717, 1.165) is 0 Å². The Labute approximate surface area is 172 Å². The van der Waals surface area contributed by atoms with Gasteiger partial charge in [0.25, 0.3) is 5.56 Å². The molecule has 0 radical (unpaired) electrons. The zero-order valence-electron chi connectivity index (χ0n) is 16.6. The summed E-state index contributed by atoms with van der Waals surface area (Å²) in [5.41, 5.74) is 7.24. The first-order valence-corrected chi connectivity index (χ1v) is 9.07. The number of allylic oxidation sites excluding steroid dienone is 1. The number of aromatic nitrogens is 1. The van der Waals surface area contributed by atoms with Gasteiger partial charge in [-0.2, -0.15) is 5.26 Å². The van der Waals surface area contributed by atoms with Crippen LogP contribution in [0.4, 0.5) is 0 Å². The molecule has 0 unspecified atom stereocenters. The molecule has 4 rings (SSSR count). The molecule has 0 saturated heterocycles. The summed E-state index contributed by atoms with van der Waals surface area (Å²) < 4.78 is 22.2. The molecular weight excluding hydrogens is 386 g/mol. The first-order valence-electron chi connectivity index (χ1n) is 9.07. The molecule has 1 aliphatic heterocycles. The van der Waals surface area contributed by atoms with Crippen molar-refractivity contribution in [1.82, 2.24) is 4.98 Å². The smallest absolute Gasteiger partial charge is 0.256 e. The van der Waals surface area contributed by atoms with Gasteiger partial charge in [-0.3, -0.25) is 4.79 Å². The third-order valence-corrected chi connectivity index (χ3v) is 5.13. The minimum atomic E-state index is -0.818. The highest BCUT2D eigenvalue weighted by atomic mass is 16.5. The van der Waals surface area contributed by atoms with E-state index in [2.05, 4.69) is 11.1 Å². The van der Waals surface area contributed by atoms with E-state index in [4.69, 9.17) is 24.7 Å². The molecule has 3 N–H and O–H groups in total. The van der Waals surface area contributed by atoms with Crippen LogP contribution in [0.1, 0.15) is 17.0 Å². The van der Waals surface area contributed by atoms with Crippen LogP contribution in [0.5, 0.6) is 23.0 Å². The van der Waals surface area contributed by atoms with Crippen molar-refractivity contribution in [1.29, 1.82) is 5.26 Å². The van der Waals surface area contributed by atoms with Crippen molar-refractivity contribution >= 4 is 10.9 Å². The maximum Gasteiger partial charge on any atom is 0.256 e. The molecule has 1 aromatic heterocycles. The molecule has 0 aliphatic carbocycles. The van der Waals surface area contributed by atoms with Crippen LogP contribution >= 0.6 is 0 Å². The van der Waals surface area contributed by atoms with E-state index in [1.807, 2.05) is 18.2 Å². The van der Waals surface area contributed by atoms with Crippen LogP contribution in [0.3, 0.4) is 0 Å². The molecule has 8 nitrogen and oxygen atoms in total. The number of benzene rings is 2. The fourth-order valence-electron chi connectivity index (χ4n) is 3.83. The van der Waals surface area contributed by atoms with Crippen LogP contribution in [0, 0.1) is 11.3 Å². The van der Waals surface area contributed by atoms with Gasteiger partial charge in [0, 0.05) is 10.9 Å². The molecule has 0 bridgehead atoms. The SMILES string of the molecule is COc1ccc([C@H]2C(C#N)=C(N)Oc3c2c(=O)[nH]c2ccccc32)c(OC)c1OC. The van der Waals surface area contributed by atoms with Crippen LogP contribution < -0.4 is 30.2 Å². The van der Waals surface area contributed by atoms with E-state index in [0.29, 0.717) is 39.5 Å². The second kappa shape index (κ2) is 7.37. The Morgan fingerprint density at radius 2 is 1.80 bits per heavy atom. The molecule has 1 aliphatic rings. The summed E-state index contributed by atoms with van der Waals surface area (Å²) >= 11 is 0. The first-order chi connectivity index (χ1) is 14.5. The zero-order chi connectivity index (χ0) is 21.4. The third kappa shape index (κ3) is 2.71. The molecule has 30 heavy (non-hydrogen) atoms. The normalized spacial score (nSPS) is 15.2. The molecule has 152 valence electrons. The van der Waals surface area contributed by atoms with Gasteiger partial charge in [-0.1, -0.05) is 18.2 Å². The summed E-state index contributed by atoms with van der Waals surface area (Å²) in [4.78, 5) is 16.0. The topological polar surface area (TPSA) is 120 Å². The standard InChI is InChI=1S/C22H19N3O5/c1-27-15-9-8-12(19(28-2)20(15)29-3)16-13(10-23)21(24)30-18-11-6-4-5-7-14(11)25-22(26)17(16)18/h4-9,16H,24H2,1-3H3,(H,25,26)/t16-/m0/s1. The number of H-pyrrole nitrogens is 1. The van der Waals surface area contributed by atoms with Crippen molar-refractivity contribution in [3.05, 3.63) is 69.3 Å². The van der Waals surface area contributed by atoms with Gasteiger partial charge in [0.15, 0.2) is 11.5 Å². The molecule has 3 aromatic rings. The van der Waals surface area contributed by atoms with Crippen LogP contribution in [-0.2, 0) is 0 Å². The number of ether oxygens (including phenoxy) is 4. The number of hydrogen-bond acceptors (Lipinski definition) is 7. The van der Waals surface area contributed by atoms with Crippen molar-refractivity contribution < 1.29 is 18.9 Å². The number of pyridine rings is 1. The number of rotatable bonds is 4. The number of para-hydroxylation sites is 1. The number of methoxy groups -OCH3 is 3. The van der Waals surface area contributed by atoms with E-state index < -0.39 is 5.92 Å². The largest absolute Gasteiger partial charge is 0.493 e. The van der Waals surface area contributed by atoms with Crippen LogP contribution in [0.15, 0.2) is 52.6 Å². The minimum absolute atomic E-state index is 0.0670. The third-order valence-electron chi connectivity index (χ3n) is 5.13. The minimum Gasteiger partial charge on any atom is -0.493 e. The fraction of sp³-hybridized carbons (Fsp3) is 0.182. The summed E-state index contributed by atoms with van der Waals surface area (Å²) in [6.45, 7) is 0. The Morgan fingerprint density at radius 1 is 1.07 bits per heavy atom. The van der Waals surface area contributed by atoms with Gasteiger partial charge in [-0.15, -0.1) is 0 Å². The molecular formula is C22H19N3O5. The predicted molar refractivity (Wildman–Crippen MR) is 110 cm³/mol. The van der Waals surface area contributed by atoms with Gasteiger partial charge >= 0.3 is 0 Å². The second-order valence-corrected chi connectivity index (χ2v) is 6.59. The molecule has 1 atom stereocenters. The number of nitrogens with zero attached hydrogens (tertiary/aromatic N) is 1. The van der Waals surface area contributed by atoms with Crippen LogP contribution in [-0.4, -0.2) is 26.3 Å². The summed E-state index contributed by atoms with van der Waals surface area (Å²) in [5.74, 6) is 0.562. The van der Waals surface area contributed by atoms with Gasteiger partial charge in [0.05, 0.1) is 38.3 Å². The average Bonchev–Trinajstić information content (AvgIpc) is 2.77. The number of nitrogens with two attached hydrogens (primary N) is 1. The second-order valence-electron chi connectivity index (χ2n) is 6.59. The number of nitriles is 1. The van der Waals surface area contributed by atoms with E-state index in [1.165, 1.54) is 21.3 Å². The van der Waals surface area contributed by atoms with E-state index >= 15 is 0 Å². The highest BCUT2D eigenvalue weighted by Crippen LogP contribution is 2.49. The van der Waals surface area contributed by atoms with Crippen molar-refractivity contribution in [2.24, 2.45) is 5.73 Å². The van der Waals surface area contributed by atoms with E-state index in [9.17, 15) is 10.1 Å². The van der Waals surface area contributed by atoms with Crippen molar-refractivity contribution in [2.75, 3.05) is 21.3 Å². The summed E-state index contributed by atoms with van der Waals surface area (Å²) in [5, 5.41) is 10.5. The molecule has 0 saturated carbocycles. The Hall–Kier alpha value is -4.12. The van der Waals surface area contributed by atoms with Crippen molar-refractivity contribution in [3.8, 4) is 29.1 Å². The van der Waals surface area contributed by atoms with Gasteiger partial charge < -0.3 is 29.7 Å². The Kier molecular flexibility index (Phi) is 4.72. The highest BCUT2D eigenvalue weighted by Gasteiger charge is 2.37. The lowest BCUT2D eigenvalue weighted by atomic mass is 9.82. The fourth-order valence-corrected chi connectivity index (χ4v) is 3.83. The first kappa shape index (κ1) is 19.2. The Balaban J connectivity index is 2.10. The number of hydrogen-bond donors (Lipinski definition) is 2. The quantitative estimate of drug-likeness (QED) is 0.685. The maximum absolute atomic E-state index is 13.1.